The molecule has 2 fully saturated rings. The summed E-state index contributed by atoms with van der Waals surface area (Å²) >= 11 is 0. The fourth-order valence-corrected chi connectivity index (χ4v) is 2.64. The monoisotopic (exact) mass is 342 g/mol. The van der Waals surface area contributed by atoms with Gasteiger partial charge in [0.05, 0.1) is 12.5 Å². The first-order chi connectivity index (χ1) is 11.3. The minimum atomic E-state index is -0.911. The molecule has 0 aromatic heterocycles. The molecule has 0 aromatic carbocycles. The van der Waals surface area contributed by atoms with Crippen LogP contribution in [0.5, 0.6) is 0 Å². The zero-order chi connectivity index (χ0) is 17.7. The number of hydrogen-bond donors (Lipinski definition) is 1. The van der Waals surface area contributed by atoms with Crippen LogP contribution in [-0.2, 0) is 23.8 Å². The van der Waals surface area contributed by atoms with Crippen LogP contribution in [0, 0.1) is 0 Å². The van der Waals surface area contributed by atoms with Gasteiger partial charge in [-0.1, -0.05) is 0 Å². The highest BCUT2D eigenvalue weighted by Gasteiger charge is 2.37. The van der Waals surface area contributed by atoms with Gasteiger partial charge in [-0.25, -0.2) is 4.79 Å². The number of esters is 1. The number of carbonyl (C=O) groups excluding carboxylic acids is 3. The van der Waals surface area contributed by atoms with Crippen molar-refractivity contribution in [2.45, 2.75) is 57.8 Å². The first-order valence-electron chi connectivity index (χ1n) is 8.31. The zero-order valence-corrected chi connectivity index (χ0v) is 14.5. The molecule has 0 saturated carbocycles. The standard InChI is InChI=1S/C16H26N2O6/c1-16(2,3)24-15(21)18-7-6-17-14(20)12(18)9-13(19)23-10-11-5-4-8-22-11/h11-12H,4-10H2,1-3H3,(H,17,20)/t11-,12-/m0/s1. The normalized spacial score (nSPS) is 24.5. The quantitative estimate of drug-likeness (QED) is 0.761. The molecule has 8 nitrogen and oxygen atoms in total. The smallest absolute Gasteiger partial charge is 0.411 e. The molecule has 2 aliphatic rings. The van der Waals surface area contributed by atoms with Gasteiger partial charge in [0.1, 0.15) is 18.2 Å². The van der Waals surface area contributed by atoms with E-state index in [0.29, 0.717) is 19.7 Å². The molecule has 2 heterocycles. The minimum Gasteiger partial charge on any atom is -0.463 e. The van der Waals surface area contributed by atoms with E-state index in [4.69, 9.17) is 14.2 Å². The van der Waals surface area contributed by atoms with Gasteiger partial charge in [-0.15, -0.1) is 0 Å². The van der Waals surface area contributed by atoms with Crippen molar-refractivity contribution in [3.05, 3.63) is 0 Å². The Labute approximate surface area is 141 Å². The van der Waals surface area contributed by atoms with Gasteiger partial charge in [0.2, 0.25) is 5.91 Å². The number of nitrogens with zero attached hydrogens (tertiary/aromatic N) is 1. The van der Waals surface area contributed by atoms with Gasteiger partial charge in [-0.3, -0.25) is 14.5 Å². The average Bonchev–Trinajstić information content (AvgIpc) is 2.98. The van der Waals surface area contributed by atoms with E-state index in [2.05, 4.69) is 5.32 Å². The highest BCUT2D eigenvalue weighted by Crippen LogP contribution is 2.17. The molecular weight excluding hydrogens is 316 g/mol. The van der Waals surface area contributed by atoms with Crippen molar-refractivity contribution in [2.75, 3.05) is 26.3 Å². The summed E-state index contributed by atoms with van der Waals surface area (Å²) in [6.07, 6.45) is 0.948. The SMILES string of the molecule is CC(C)(C)OC(=O)N1CCNC(=O)[C@@H]1CC(=O)OC[C@@H]1CCCO1. The molecule has 0 radical (unpaired) electrons. The van der Waals surface area contributed by atoms with E-state index in [9.17, 15) is 14.4 Å². The van der Waals surface area contributed by atoms with Gasteiger partial charge < -0.3 is 19.5 Å². The topological polar surface area (TPSA) is 94.2 Å². The average molecular weight is 342 g/mol. The van der Waals surface area contributed by atoms with E-state index in [1.807, 2.05) is 0 Å². The summed E-state index contributed by atoms with van der Waals surface area (Å²) in [5, 5.41) is 2.66. The van der Waals surface area contributed by atoms with Gasteiger partial charge in [-0.2, -0.15) is 0 Å². The summed E-state index contributed by atoms with van der Waals surface area (Å²) in [7, 11) is 0. The summed E-state index contributed by atoms with van der Waals surface area (Å²) in [5.74, 6) is -0.901. The largest absolute Gasteiger partial charge is 0.463 e. The summed E-state index contributed by atoms with van der Waals surface area (Å²) < 4.78 is 15.9. The van der Waals surface area contributed by atoms with Crippen LogP contribution in [0.15, 0.2) is 0 Å². The van der Waals surface area contributed by atoms with Gasteiger partial charge in [0.25, 0.3) is 0 Å². The molecular formula is C16H26N2O6. The zero-order valence-electron chi connectivity index (χ0n) is 14.5. The van der Waals surface area contributed by atoms with Crippen molar-refractivity contribution in [2.24, 2.45) is 0 Å². The van der Waals surface area contributed by atoms with Gasteiger partial charge in [0, 0.05) is 19.7 Å². The molecule has 2 aliphatic heterocycles. The Hall–Kier alpha value is -1.83. The molecule has 136 valence electrons. The molecule has 2 rings (SSSR count). The van der Waals surface area contributed by atoms with Crippen molar-refractivity contribution in [3.8, 4) is 0 Å². The molecule has 0 bridgehead atoms. The van der Waals surface area contributed by atoms with Crippen molar-refractivity contribution in [3.63, 3.8) is 0 Å². The Morgan fingerprint density at radius 1 is 1.38 bits per heavy atom. The van der Waals surface area contributed by atoms with E-state index >= 15 is 0 Å². The second-order valence-corrected chi connectivity index (χ2v) is 7.00. The Morgan fingerprint density at radius 3 is 2.75 bits per heavy atom. The van der Waals surface area contributed by atoms with Crippen LogP contribution in [-0.4, -0.2) is 66.9 Å². The molecule has 0 unspecified atom stereocenters. The maximum Gasteiger partial charge on any atom is 0.411 e. The van der Waals surface area contributed by atoms with Crippen LogP contribution in [0.25, 0.3) is 0 Å². The van der Waals surface area contributed by atoms with Gasteiger partial charge in [0.15, 0.2) is 0 Å². The molecule has 2 atom stereocenters. The molecule has 1 N–H and O–H groups in total. The lowest BCUT2D eigenvalue weighted by molar-refractivity contribution is -0.150. The highest BCUT2D eigenvalue weighted by molar-refractivity contribution is 5.90. The first-order valence-corrected chi connectivity index (χ1v) is 8.31. The number of rotatable bonds is 4. The van der Waals surface area contributed by atoms with E-state index < -0.39 is 23.7 Å². The Kier molecular flexibility index (Phi) is 6.04. The van der Waals surface area contributed by atoms with Gasteiger partial charge >= 0.3 is 12.1 Å². The number of ether oxygens (including phenoxy) is 3. The predicted octanol–water partition coefficient (Wildman–Crippen LogP) is 0.834. The first kappa shape index (κ1) is 18.5. The third-order valence-corrected chi connectivity index (χ3v) is 3.77. The number of carbonyl (C=O) groups is 3. The van der Waals surface area contributed by atoms with Crippen LogP contribution in [0.4, 0.5) is 4.79 Å². The maximum atomic E-state index is 12.3. The predicted molar refractivity (Wildman–Crippen MR) is 84.3 cm³/mol. The Morgan fingerprint density at radius 2 is 2.12 bits per heavy atom. The van der Waals surface area contributed by atoms with Gasteiger partial charge in [-0.05, 0) is 33.6 Å². The second-order valence-electron chi connectivity index (χ2n) is 7.00. The highest BCUT2D eigenvalue weighted by atomic mass is 16.6. The second kappa shape index (κ2) is 7.83. The van der Waals surface area contributed by atoms with Crippen molar-refractivity contribution in [1.29, 1.82) is 0 Å². The minimum absolute atomic E-state index is 0.0731. The molecule has 8 heteroatoms. The van der Waals surface area contributed by atoms with Crippen molar-refractivity contribution >= 4 is 18.0 Å². The Bertz CT molecular complexity index is 481. The number of hydrogen-bond acceptors (Lipinski definition) is 6. The fourth-order valence-electron chi connectivity index (χ4n) is 2.64. The van der Waals surface area contributed by atoms with Crippen molar-refractivity contribution in [1.82, 2.24) is 10.2 Å². The molecule has 2 saturated heterocycles. The van der Waals surface area contributed by atoms with E-state index in [-0.39, 0.29) is 25.0 Å². The summed E-state index contributed by atoms with van der Waals surface area (Å²) in [4.78, 5) is 37.7. The van der Waals surface area contributed by atoms with Crippen molar-refractivity contribution < 1.29 is 28.6 Å². The van der Waals surface area contributed by atoms with Crippen LogP contribution in [0.1, 0.15) is 40.0 Å². The molecule has 24 heavy (non-hydrogen) atoms. The van der Waals surface area contributed by atoms with Crippen LogP contribution in [0.2, 0.25) is 0 Å². The lowest BCUT2D eigenvalue weighted by atomic mass is 10.1. The summed E-state index contributed by atoms with van der Waals surface area (Å²) in [6, 6.07) is -0.911. The van der Waals surface area contributed by atoms with E-state index in [1.165, 1.54) is 4.90 Å². The fraction of sp³-hybridized carbons (Fsp3) is 0.812. The maximum absolute atomic E-state index is 12.3. The molecule has 0 aromatic rings. The third-order valence-electron chi connectivity index (χ3n) is 3.77. The molecule has 0 spiro atoms. The number of nitrogens with one attached hydrogen (secondary N) is 1. The Balaban J connectivity index is 1.91. The number of amides is 2. The lowest BCUT2D eigenvalue weighted by Gasteiger charge is -2.35. The van der Waals surface area contributed by atoms with Crippen LogP contribution >= 0.6 is 0 Å². The summed E-state index contributed by atoms with van der Waals surface area (Å²) in [6.45, 7) is 6.74. The lowest BCUT2D eigenvalue weighted by Crippen LogP contribution is -2.58. The van der Waals surface area contributed by atoms with Crippen LogP contribution < -0.4 is 5.32 Å². The molecule has 2 amide bonds. The summed E-state index contributed by atoms with van der Waals surface area (Å²) in [5.41, 5.74) is -0.671. The van der Waals surface area contributed by atoms with E-state index in [1.54, 1.807) is 20.8 Å². The van der Waals surface area contributed by atoms with E-state index in [0.717, 1.165) is 12.8 Å². The number of piperazine rings is 1. The molecule has 0 aliphatic carbocycles. The third kappa shape index (κ3) is 5.36. The van der Waals surface area contributed by atoms with Crippen LogP contribution in [0.3, 0.4) is 0 Å².